The molecule has 1 spiro atoms. The number of hydrogen-bond donors (Lipinski definition) is 0. The molecule has 0 saturated carbocycles. The van der Waals surface area contributed by atoms with Crippen molar-refractivity contribution in [3.05, 3.63) is 30.1 Å². The van der Waals surface area contributed by atoms with Gasteiger partial charge in [-0.3, -0.25) is 4.98 Å². The summed E-state index contributed by atoms with van der Waals surface area (Å²) in [6.45, 7) is 4.83. The number of ether oxygens (including phenoxy) is 2. The van der Waals surface area contributed by atoms with E-state index in [2.05, 4.69) is 4.98 Å². The Balaban J connectivity index is 1.48. The van der Waals surface area contributed by atoms with Crippen LogP contribution in [-0.2, 0) is 26.1 Å². The maximum atomic E-state index is 12.0. The van der Waals surface area contributed by atoms with Gasteiger partial charge in [-0.1, -0.05) is 6.07 Å². The summed E-state index contributed by atoms with van der Waals surface area (Å²) in [5.74, 6) is 0.619. The van der Waals surface area contributed by atoms with Crippen LogP contribution in [0.4, 0.5) is 0 Å². The van der Waals surface area contributed by atoms with Crippen LogP contribution in [-0.4, -0.2) is 55.4 Å². The zero-order valence-corrected chi connectivity index (χ0v) is 15.7. The molecule has 2 aliphatic rings. The van der Waals surface area contributed by atoms with Crippen LogP contribution in [0.1, 0.15) is 38.3 Å². The zero-order valence-electron chi connectivity index (χ0n) is 14.9. The monoisotopic (exact) mass is 368 g/mol. The molecular weight excluding hydrogens is 340 g/mol. The number of nitrogens with zero attached hydrogens (tertiary/aromatic N) is 2. The highest BCUT2D eigenvalue weighted by atomic mass is 32.2. The van der Waals surface area contributed by atoms with Gasteiger partial charge in [-0.2, -0.15) is 0 Å². The Morgan fingerprint density at radius 1 is 1.36 bits per heavy atom. The lowest BCUT2D eigenvalue weighted by atomic mass is 9.78. The first-order valence-corrected chi connectivity index (χ1v) is 10.8. The zero-order chi connectivity index (χ0) is 17.8. The number of rotatable bonds is 7. The van der Waals surface area contributed by atoms with Crippen molar-refractivity contribution in [2.75, 3.05) is 32.1 Å². The minimum absolute atomic E-state index is 0.159. The Morgan fingerprint density at radius 2 is 2.16 bits per heavy atom. The van der Waals surface area contributed by atoms with Crippen molar-refractivity contribution >= 4 is 10.0 Å². The van der Waals surface area contributed by atoms with Crippen LogP contribution in [0.3, 0.4) is 0 Å². The largest absolute Gasteiger partial charge is 0.375 e. The average molecular weight is 368 g/mol. The van der Waals surface area contributed by atoms with E-state index in [4.69, 9.17) is 9.47 Å². The summed E-state index contributed by atoms with van der Waals surface area (Å²) in [7, 11) is -3.09. The molecule has 2 fully saturated rings. The van der Waals surface area contributed by atoms with Crippen molar-refractivity contribution in [2.24, 2.45) is 5.92 Å². The first-order valence-electron chi connectivity index (χ1n) is 9.15. The van der Waals surface area contributed by atoms with E-state index >= 15 is 0 Å². The van der Waals surface area contributed by atoms with Crippen molar-refractivity contribution in [1.82, 2.24) is 9.29 Å². The van der Waals surface area contributed by atoms with E-state index in [0.717, 1.165) is 38.0 Å². The number of aromatic nitrogens is 1. The first kappa shape index (κ1) is 18.8. The van der Waals surface area contributed by atoms with Crippen LogP contribution in [0.2, 0.25) is 0 Å². The fourth-order valence-corrected chi connectivity index (χ4v) is 5.06. The molecule has 1 aromatic rings. The van der Waals surface area contributed by atoms with Crippen molar-refractivity contribution in [2.45, 2.75) is 44.8 Å². The summed E-state index contributed by atoms with van der Waals surface area (Å²) in [6.07, 6.45) is 5.34. The van der Waals surface area contributed by atoms with Crippen LogP contribution in [0.15, 0.2) is 24.4 Å². The van der Waals surface area contributed by atoms with Crippen LogP contribution in [0, 0.1) is 5.92 Å². The van der Waals surface area contributed by atoms with Crippen molar-refractivity contribution in [1.29, 1.82) is 0 Å². The number of piperidine rings is 1. The molecule has 3 rings (SSSR count). The van der Waals surface area contributed by atoms with E-state index < -0.39 is 10.0 Å². The van der Waals surface area contributed by atoms with Gasteiger partial charge in [-0.15, -0.1) is 0 Å². The second kappa shape index (κ2) is 8.12. The summed E-state index contributed by atoms with van der Waals surface area (Å²) in [5, 5.41) is 0. The third-order valence-electron chi connectivity index (χ3n) is 5.51. The van der Waals surface area contributed by atoms with Gasteiger partial charge in [0.1, 0.15) is 0 Å². The summed E-state index contributed by atoms with van der Waals surface area (Å²) in [6, 6.07) is 5.82. The molecule has 3 heterocycles. The van der Waals surface area contributed by atoms with E-state index in [1.807, 2.05) is 18.2 Å². The van der Waals surface area contributed by atoms with Crippen molar-refractivity contribution < 1.29 is 17.9 Å². The highest BCUT2D eigenvalue weighted by Crippen LogP contribution is 2.42. The fraction of sp³-hybridized carbons (Fsp3) is 0.722. The smallest absolute Gasteiger partial charge is 0.213 e. The quantitative estimate of drug-likeness (QED) is 0.690. The number of sulfonamides is 1. The minimum atomic E-state index is -3.09. The van der Waals surface area contributed by atoms with E-state index in [1.54, 1.807) is 17.4 Å². The average Bonchev–Trinajstić information content (AvgIpc) is 3.02. The van der Waals surface area contributed by atoms with Gasteiger partial charge in [-0.25, -0.2) is 12.7 Å². The molecule has 2 aliphatic heterocycles. The first-order chi connectivity index (χ1) is 12.1. The molecule has 0 bridgehead atoms. The highest BCUT2D eigenvalue weighted by molar-refractivity contribution is 7.89. The van der Waals surface area contributed by atoms with Crippen molar-refractivity contribution in [3.63, 3.8) is 0 Å². The third kappa shape index (κ3) is 4.39. The molecule has 0 unspecified atom stereocenters. The van der Waals surface area contributed by atoms with Crippen LogP contribution < -0.4 is 0 Å². The third-order valence-corrected chi connectivity index (χ3v) is 7.40. The van der Waals surface area contributed by atoms with Gasteiger partial charge >= 0.3 is 0 Å². The van der Waals surface area contributed by atoms with E-state index in [-0.39, 0.29) is 11.4 Å². The normalized spacial score (nSPS) is 24.0. The second-order valence-corrected chi connectivity index (χ2v) is 9.12. The predicted octanol–water partition coefficient (Wildman–Crippen LogP) is 2.21. The minimum Gasteiger partial charge on any atom is -0.375 e. The molecule has 140 valence electrons. The molecule has 0 amide bonds. The molecule has 1 atom stereocenters. The molecule has 2 saturated heterocycles. The SMILES string of the molecule is CCS(=O)(=O)N1CCC2(CC1)OCC[C@@H]2CCOCc1ccccn1. The molecule has 0 aliphatic carbocycles. The number of hydrogen-bond acceptors (Lipinski definition) is 5. The van der Waals surface area contributed by atoms with Gasteiger partial charge in [-0.05, 0) is 50.7 Å². The van der Waals surface area contributed by atoms with E-state index in [9.17, 15) is 8.42 Å². The van der Waals surface area contributed by atoms with Crippen LogP contribution in [0.25, 0.3) is 0 Å². The van der Waals surface area contributed by atoms with Gasteiger partial charge in [0.05, 0.1) is 23.7 Å². The lowest BCUT2D eigenvalue weighted by Gasteiger charge is -2.41. The maximum absolute atomic E-state index is 12.0. The van der Waals surface area contributed by atoms with Crippen LogP contribution >= 0.6 is 0 Å². The van der Waals surface area contributed by atoms with Gasteiger partial charge in [0.25, 0.3) is 0 Å². The molecule has 25 heavy (non-hydrogen) atoms. The summed E-state index contributed by atoms with van der Waals surface area (Å²) < 4.78 is 37.6. The lowest BCUT2D eigenvalue weighted by molar-refractivity contribution is -0.0618. The second-order valence-electron chi connectivity index (χ2n) is 6.86. The molecule has 1 aromatic heterocycles. The van der Waals surface area contributed by atoms with Crippen LogP contribution in [0.5, 0.6) is 0 Å². The molecule has 0 N–H and O–H groups in total. The maximum Gasteiger partial charge on any atom is 0.213 e. The Bertz CT molecular complexity index is 642. The topological polar surface area (TPSA) is 68.7 Å². The standard InChI is InChI=1S/C18H28N2O4S/c1-2-25(21,22)20-11-8-18(9-12-20)16(7-14-24-18)6-13-23-15-17-5-3-4-10-19-17/h3-5,10,16H,2,6-9,11-15H2,1H3/t16-/m0/s1. The molecule has 6 nitrogen and oxygen atoms in total. The number of pyridine rings is 1. The summed E-state index contributed by atoms with van der Waals surface area (Å²) >= 11 is 0. The lowest BCUT2D eigenvalue weighted by Crippen LogP contribution is -2.49. The van der Waals surface area contributed by atoms with Gasteiger partial charge in [0.15, 0.2) is 0 Å². The molecule has 0 radical (unpaired) electrons. The Kier molecular flexibility index (Phi) is 6.09. The molecule has 7 heteroatoms. The molecular formula is C18H28N2O4S. The Hall–Kier alpha value is -1.02. The van der Waals surface area contributed by atoms with Gasteiger partial charge in [0.2, 0.25) is 10.0 Å². The Labute approximate surface area is 150 Å². The summed E-state index contributed by atoms with van der Waals surface area (Å²) in [4.78, 5) is 4.26. The van der Waals surface area contributed by atoms with E-state index in [0.29, 0.717) is 32.2 Å². The Morgan fingerprint density at radius 3 is 2.84 bits per heavy atom. The molecule has 0 aromatic carbocycles. The predicted molar refractivity (Wildman–Crippen MR) is 95.6 cm³/mol. The van der Waals surface area contributed by atoms with Gasteiger partial charge in [0, 0.05) is 32.5 Å². The van der Waals surface area contributed by atoms with Gasteiger partial charge < -0.3 is 9.47 Å². The van der Waals surface area contributed by atoms with Crippen molar-refractivity contribution in [3.8, 4) is 0 Å². The van der Waals surface area contributed by atoms with E-state index in [1.165, 1.54) is 0 Å². The summed E-state index contributed by atoms with van der Waals surface area (Å²) in [5.41, 5.74) is 0.784. The fourth-order valence-electron chi connectivity index (χ4n) is 3.96. The highest BCUT2D eigenvalue weighted by Gasteiger charge is 2.47.